The number of hydrogen-bond acceptors (Lipinski definition) is 2. The first-order chi connectivity index (χ1) is 6.15. The third kappa shape index (κ3) is 2.08. The van der Waals surface area contributed by atoms with E-state index in [0.29, 0.717) is 12.1 Å². The second kappa shape index (κ2) is 3.76. The number of carboxylic acid groups (broad SMARTS) is 1. The SMILES string of the molecule is C=CCc1ccc(N)c(C(=O)O)c1. The molecule has 0 aliphatic rings. The van der Waals surface area contributed by atoms with E-state index in [9.17, 15) is 4.79 Å². The largest absolute Gasteiger partial charge is 0.478 e. The Hall–Kier alpha value is -1.77. The van der Waals surface area contributed by atoms with Crippen LogP contribution in [0, 0.1) is 0 Å². The average Bonchev–Trinajstić information content (AvgIpc) is 2.08. The quantitative estimate of drug-likeness (QED) is 0.545. The number of nitrogen functional groups attached to an aromatic ring is 1. The van der Waals surface area contributed by atoms with E-state index < -0.39 is 5.97 Å². The van der Waals surface area contributed by atoms with E-state index in [-0.39, 0.29) is 5.56 Å². The van der Waals surface area contributed by atoms with Crippen LogP contribution in [0.2, 0.25) is 0 Å². The Morgan fingerprint density at radius 1 is 1.62 bits per heavy atom. The molecule has 0 saturated heterocycles. The monoisotopic (exact) mass is 177 g/mol. The van der Waals surface area contributed by atoms with Gasteiger partial charge in [0.1, 0.15) is 0 Å². The number of nitrogens with two attached hydrogens (primary N) is 1. The molecular formula is C10H11NO2. The maximum absolute atomic E-state index is 10.7. The lowest BCUT2D eigenvalue weighted by molar-refractivity contribution is 0.0698. The number of carbonyl (C=O) groups is 1. The Kier molecular flexibility index (Phi) is 2.69. The highest BCUT2D eigenvalue weighted by Gasteiger charge is 2.07. The number of aromatic carboxylic acids is 1. The van der Waals surface area contributed by atoms with E-state index in [2.05, 4.69) is 6.58 Å². The van der Waals surface area contributed by atoms with Gasteiger partial charge >= 0.3 is 5.97 Å². The van der Waals surface area contributed by atoms with Crippen molar-refractivity contribution in [1.82, 2.24) is 0 Å². The number of benzene rings is 1. The standard InChI is InChI=1S/C10H11NO2/c1-2-3-7-4-5-9(11)8(6-7)10(12)13/h2,4-6H,1,3,11H2,(H,12,13). The lowest BCUT2D eigenvalue weighted by Crippen LogP contribution is -2.02. The fourth-order valence-corrected chi connectivity index (χ4v) is 1.08. The van der Waals surface area contributed by atoms with Gasteiger partial charge in [-0.1, -0.05) is 12.1 Å². The first-order valence-electron chi connectivity index (χ1n) is 3.87. The Labute approximate surface area is 76.5 Å². The van der Waals surface area contributed by atoms with Crippen LogP contribution in [0.1, 0.15) is 15.9 Å². The molecule has 1 aromatic rings. The Morgan fingerprint density at radius 3 is 2.85 bits per heavy atom. The molecule has 0 unspecified atom stereocenters. The number of rotatable bonds is 3. The van der Waals surface area contributed by atoms with Crippen LogP contribution in [0.4, 0.5) is 5.69 Å². The van der Waals surface area contributed by atoms with E-state index in [1.54, 1.807) is 24.3 Å². The van der Waals surface area contributed by atoms with Crippen LogP contribution in [0.25, 0.3) is 0 Å². The number of hydrogen-bond donors (Lipinski definition) is 2. The Balaban J connectivity index is 3.10. The minimum Gasteiger partial charge on any atom is -0.478 e. The lowest BCUT2D eigenvalue weighted by Gasteiger charge is -2.02. The minimum atomic E-state index is -0.997. The van der Waals surface area contributed by atoms with Gasteiger partial charge in [0.05, 0.1) is 5.56 Å². The van der Waals surface area contributed by atoms with Gasteiger partial charge in [-0.25, -0.2) is 4.79 Å². The Morgan fingerprint density at radius 2 is 2.31 bits per heavy atom. The normalized spacial score (nSPS) is 9.54. The molecule has 13 heavy (non-hydrogen) atoms. The summed E-state index contributed by atoms with van der Waals surface area (Å²) in [5, 5.41) is 8.75. The van der Waals surface area contributed by atoms with Crippen LogP contribution in [0.15, 0.2) is 30.9 Å². The zero-order valence-electron chi connectivity index (χ0n) is 7.16. The summed E-state index contributed by atoms with van der Waals surface area (Å²) < 4.78 is 0. The summed E-state index contributed by atoms with van der Waals surface area (Å²) in [5.74, 6) is -0.997. The van der Waals surface area contributed by atoms with Crippen molar-refractivity contribution in [3.63, 3.8) is 0 Å². The molecule has 1 aromatic carbocycles. The third-order valence-corrected chi connectivity index (χ3v) is 1.73. The molecular weight excluding hydrogens is 166 g/mol. The zero-order valence-corrected chi connectivity index (χ0v) is 7.16. The fourth-order valence-electron chi connectivity index (χ4n) is 1.08. The second-order valence-electron chi connectivity index (χ2n) is 2.72. The predicted octanol–water partition coefficient (Wildman–Crippen LogP) is 1.70. The van der Waals surface area contributed by atoms with Gasteiger partial charge in [0, 0.05) is 5.69 Å². The number of allylic oxidation sites excluding steroid dienone is 1. The maximum atomic E-state index is 10.7. The van der Waals surface area contributed by atoms with Gasteiger partial charge in [0.15, 0.2) is 0 Å². The van der Waals surface area contributed by atoms with Crippen LogP contribution in [-0.2, 0) is 6.42 Å². The second-order valence-corrected chi connectivity index (χ2v) is 2.72. The van der Waals surface area contributed by atoms with Gasteiger partial charge in [-0.3, -0.25) is 0 Å². The molecule has 0 atom stereocenters. The minimum absolute atomic E-state index is 0.152. The predicted molar refractivity (Wildman–Crippen MR) is 51.7 cm³/mol. The first kappa shape index (κ1) is 9.32. The van der Waals surface area contributed by atoms with Gasteiger partial charge < -0.3 is 10.8 Å². The fraction of sp³-hybridized carbons (Fsp3) is 0.100. The summed E-state index contributed by atoms with van der Waals surface area (Å²) in [5.41, 5.74) is 6.83. The van der Waals surface area contributed by atoms with Crippen LogP contribution in [0.3, 0.4) is 0 Å². The maximum Gasteiger partial charge on any atom is 0.337 e. The number of carboxylic acids is 1. The van der Waals surface area contributed by atoms with Crippen LogP contribution in [-0.4, -0.2) is 11.1 Å². The van der Waals surface area contributed by atoms with Crippen LogP contribution in [0.5, 0.6) is 0 Å². The molecule has 0 heterocycles. The summed E-state index contributed by atoms with van der Waals surface area (Å²) in [6, 6.07) is 4.96. The van der Waals surface area contributed by atoms with Crippen molar-refractivity contribution in [2.24, 2.45) is 0 Å². The van der Waals surface area contributed by atoms with Crippen molar-refractivity contribution < 1.29 is 9.90 Å². The molecule has 0 fully saturated rings. The van der Waals surface area contributed by atoms with Gasteiger partial charge in [-0.05, 0) is 24.1 Å². The molecule has 0 saturated carbocycles. The van der Waals surface area contributed by atoms with Crippen molar-refractivity contribution >= 4 is 11.7 Å². The van der Waals surface area contributed by atoms with Gasteiger partial charge in [-0.2, -0.15) is 0 Å². The summed E-state index contributed by atoms with van der Waals surface area (Å²) in [4.78, 5) is 10.7. The van der Waals surface area contributed by atoms with Crippen molar-refractivity contribution in [1.29, 1.82) is 0 Å². The molecule has 0 aliphatic carbocycles. The lowest BCUT2D eigenvalue weighted by atomic mass is 10.1. The van der Waals surface area contributed by atoms with Gasteiger partial charge in [-0.15, -0.1) is 6.58 Å². The van der Waals surface area contributed by atoms with E-state index in [1.807, 2.05) is 0 Å². The third-order valence-electron chi connectivity index (χ3n) is 1.73. The molecule has 0 aliphatic heterocycles. The molecule has 0 spiro atoms. The Bertz CT molecular complexity index is 345. The first-order valence-corrected chi connectivity index (χ1v) is 3.87. The molecule has 1 rings (SSSR count). The van der Waals surface area contributed by atoms with Crippen molar-refractivity contribution in [2.75, 3.05) is 5.73 Å². The molecule has 0 aromatic heterocycles. The van der Waals surface area contributed by atoms with E-state index >= 15 is 0 Å². The van der Waals surface area contributed by atoms with Crippen LogP contribution < -0.4 is 5.73 Å². The zero-order chi connectivity index (χ0) is 9.84. The van der Waals surface area contributed by atoms with Crippen molar-refractivity contribution in [3.05, 3.63) is 42.0 Å². The van der Waals surface area contributed by atoms with E-state index in [1.165, 1.54) is 0 Å². The number of anilines is 1. The molecule has 0 amide bonds. The van der Waals surface area contributed by atoms with Crippen molar-refractivity contribution in [3.8, 4) is 0 Å². The average molecular weight is 177 g/mol. The smallest absolute Gasteiger partial charge is 0.337 e. The molecule has 3 nitrogen and oxygen atoms in total. The molecule has 68 valence electrons. The van der Waals surface area contributed by atoms with E-state index in [0.717, 1.165) is 5.56 Å². The van der Waals surface area contributed by atoms with Crippen molar-refractivity contribution in [2.45, 2.75) is 6.42 Å². The molecule has 3 N–H and O–H groups in total. The highest BCUT2D eigenvalue weighted by atomic mass is 16.4. The molecule has 3 heteroatoms. The van der Waals surface area contributed by atoms with Gasteiger partial charge in [0.2, 0.25) is 0 Å². The molecule has 0 bridgehead atoms. The molecule has 0 radical (unpaired) electrons. The highest BCUT2D eigenvalue weighted by molar-refractivity contribution is 5.93. The summed E-state index contributed by atoms with van der Waals surface area (Å²) in [6.45, 7) is 3.57. The summed E-state index contributed by atoms with van der Waals surface area (Å²) in [6.07, 6.45) is 2.37. The van der Waals surface area contributed by atoms with Gasteiger partial charge in [0.25, 0.3) is 0 Å². The topological polar surface area (TPSA) is 63.3 Å². The van der Waals surface area contributed by atoms with Crippen LogP contribution >= 0.6 is 0 Å². The van der Waals surface area contributed by atoms with E-state index in [4.69, 9.17) is 10.8 Å². The summed E-state index contributed by atoms with van der Waals surface area (Å²) in [7, 11) is 0. The summed E-state index contributed by atoms with van der Waals surface area (Å²) >= 11 is 0. The highest BCUT2D eigenvalue weighted by Crippen LogP contribution is 2.14.